The summed E-state index contributed by atoms with van der Waals surface area (Å²) in [5.41, 5.74) is 0.414. The molecule has 0 aliphatic carbocycles. The minimum absolute atomic E-state index is 0.0155. The molecule has 0 saturated heterocycles. The van der Waals surface area contributed by atoms with Crippen molar-refractivity contribution in [2.75, 3.05) is 31.0 Å². The zero-order chi connectivity index (χ0) is 23.6. The van der Waals surface area contributed by atoms with Gasteiger partial charge in [-0.1, -0.05) is 6.07 Å². The highest BCUT2D eigenvalue weighted by Crippen LogP contribution is 2.38. The fraction of sp³-hybridized carbons (Fsp3) is 0.333. The summed E-state index contributed by atoms with van der Waals surface area (Å²) in [7, 11) is -2.15. The molecule has 1 aliphatic heterocycles. The van der Waals surface area contributed by atoms with E-state index in [2.05, 4.69) is 10.3 Å². The van der Waals surface area contributed by atoms with Gasteiger partial charge < -0.3 is 14.8 Å². The molecule has 1 aromatic carbocycles. The molecule has 3 rings (SSSR count). The molecule has 2 aromatic rings. The number of rotatable bonds is 8. The number of hydrogen-bond donors (Lipinski definition) is 1. The summed E-state index contributed by atoms with van der Waals surface area (Å²) in [4.78, 5) is 42.8. The summed E-state index contributed by atoms with van der Waals surface area (Å²) in [6, 6.07) is 3.58. The Kier molecular flexibility index (Phi) is 6.49. The third kappa shape index (κ3) is 4.57. The van der Waals surface area contributed by atoms with Crippen LogP contribution in [0.15, 0.2) is 30.6 Å². The Morgan fingerprint density at radius 2 is 1.91 bits per heavy atom. The van der Waals surface area contributed by atoms with Gasteiger partial charge in [-0.2, -0.15) is 0 Å². The lowest BCUT2D eigenvalue weighted by Crippen LogP contribution is -2.37. The molecule has 1 atom stereocenters. The molecule has 2 heterocycles. The Bertz CT molecular complexity index is 1190. The van der Waals surface area contributed by atoms with Crippen LogP contribution in [-0.4, -0.2) is 61.7 Å². The lowest BCUT2D eigenvalue weighted by molar-refractivity contribution is -0.114. The minimum atomic E-state index is -3.62. The van der Waals surface area contributed by atoms with E-state index in [-0.39, 0.29) is 16.8 Å². The molecule has 170 valence electrons. The van der Waals surface area contributed by atoms with Crippen LogP contribution in [0, 0.1) is 0 Å². The van der Waals surface area contributed by atoms with Crippen molar-refractivity contribution >= 4 is 33.2 Å². The Hall–Kier alpha value is -3.47. The van der Waals surface area contributed by atoms with E-state index in [0.717, 1.165) is 11.2 Å². The number of nitrogens with zero attached hydrogens (tertiary/aromatic N) is 2. The number of methoxy groups -OCH3 is 1. The van der Waals surface area contributed by atoms with Gasteiger partial charge in [-0.3, -0.25) is 24.3 Å². The molecule has 0 bridgehead atoms. The number of pyridine rings is 1. The van der Waals surface area contributed by atoms with Gasteiger partial charge in [-0.15, -0.1) is 0 Å². The van der Waals surface area contributed by atoms with Crippen molar-refractivity contribution in [2.24, 2.45) is 0 Å². The maximum atomic E-state index is 13.3. The second kappa shape index (κ2) is 8.95. The molecule has 32 heavy (non-hydrogen) atoms. The first-order valence-electron chi connectivity index (χ1n) is 9.69. The highest BCUT2D eigenvalue weighted by Gasteiger charge is 2.43. The molecule has 3 amide bonds. The van der Waals surface area contributed by atoms with E-state index in [4.69, 9.17) is 9.47 Å². The van der Waals surface area contributed by atoms with E-state index in [1.165, 1.54) is 26.4 Å². The van der Waals surface area contributed by atoms with Gasteiger partial charge in [0.25, 0.3) is 11.8 Å². The van der Waals surface area contributed by atoms with Gasteiger partial charge in [0, 0.05) is 19.4 Å². The third-order valence-electron chi connectivity index (χ3n) is 4.78. The molecule has 0 unspecified atom stereocenters. The van der Waals surface area contributed by atoms with Gasteiger partial charge in [0.1, 0.15) is 9.84 Å². The van der Waals surface area contributed by atoms with Gasteiger partial charge in [-0.25, -0.2) is 8.42 Å². The number of fused-ring (bicyclic) bond motifs is 1. The highest BCUT2D eigenvalue weighted by molar-refractivity contribution is 7.90. The van der Waals surface area contributed by atoms with Crippen LogP contribution in [0.2, 0.25) is 0 Å². The summed E-state index contributed by atoms with van der Waals surface area (Å²) in [5.74, 6) is -1.59. The molecular weight excluding hydrogens is 438 g/mol. The largest absolute Gasteiger partial charge is 0.493 e. The van der Waals surface area contributed by atoms with Crippen LogP contribution in [0.1, 0.15) is 46.2 Å². The van der Waals surface area contributed by atoms with E-state index in [9.17, 15) is 22.8 Å². The SMILES string of the molecule is CCOc1cc([C@@H](CS(C)(=O)=O)N2C(=O)c3cncc(NC(C)=O)c3C2=O)ccc1OC. The van der Waals surface area contributed by atoms with Gasteiger partial charge in [-0.05, 0) is 24.6 Å². The van der Waals surface area contributed by atoms with Gasteiger partial charge in [0.15, 0.2) is 11.5 Å². The monoisotopic (exact) mass is 461 g/mol. The Balaban J connectivity index is 2.13. The predicted octanol–water partition coefficient (Wildman–Crippen LogP) is 1.83. The molecule has 0 saturated carbocycles. The Morgan fingerprint density at radius 3 is 2.50 bits per heavy atom. The van der Waals surface area contributed by atoms with Crippen molar-refractivity contribution in [3.05, 3.63) is 47.3 Å². The zero-order valence-electron chi connectivity index (χ0n) is 18.0. The normalized spacial score (nSPS) is 14.2. The smallest absolute Gasteiger partial charge is 0.264 e. The van der Waals surface area contributed by atoms with Gasteiger partial charge in [0.05, 0.1) is 48.5 Å². The minimum Gasteiger partial charge on any atom is -0.493 e. The van der Waals surface area contributed by atoms with Crippen LogP contribution in [0.5, 0.6) is 11.5 Å². The maximum Gasteiger partial charge on any atom is 0.264 e. The number of aromatic nitrogens is 1. The van der Waals surface area contributed by atoms with Gasteiger partial charge >= 0.3 is 0 Å². The van der Waals surface area contributed by atoms with Crippen LogP contribution in [-0.2, 0) is 14.6 Å². The molecular formula is C21H23N3O7S. The molecule has 1 aliphatic rings. The second-order valence-corrected chi connectivity index (χ2v) is 9.41. The predicted molar refractivity (Wildman–Crippen MR) is 116 cm³/mol. The van der Waals surface area contributed by atoms with Crippen molar-refractivity contribution in [3.8, 4) is 11.5 Å². The van der Waals surface area contributed by atoms with Crippen molar-refractivity contribution in [1.29, 1.82) is 0 Å². The lowest BCUT2D eigenvalue weighted by Gasteiger charge is -2.26. The summed E-state index contributed by atoms with van der Waals surface area (Å²) in [6.45, 7) is 3.37. The first-order chi connectivity index (χ1) is 15.1. The Labute approximate surface area is 185 Å². The summed E-state index contributed by atoms with van der Waals surface area (Å²) >= 11 is 0. The van der Waals surface area contributed by atoms with E-state index in [1.807, 2.05) is 0 Å². The van der Waals surface area contributed by atoms with Crippen LogP contribution in [0.25, 0.3) is 0 Å². The molecule has 0 radical (unpaired) electrons. The van der Waals surface area contributed by atoms with E-state index in [0.29, 0.717) is 23.7 Å². The topological polar surface area (TPSA) is 132 Å². The molecule has 1 N–H and O–H groups in total. The van der Waals surface area contributed by atoms with Gasteiger partial charge in [0.2, 0.25) is 5.91 Å². The average Bonchev–Trinajstić information content (AvgIpc) is 2.96. The summed E-state index contributed by atoms with van der Waals surface area (Å²) in [6.07, 6.45) is 3.51. The number of nitrogens with one attached hydrogen (secondary N) is 1. The number of carbonyl (C=O) groups is 3. The Morgan fingerprint density at radius 1 is 1.19 bits per heavy atom. The third-order valence-corrected chi connectivity index (χ3v) is 5.70. The van der Waals surface area contributed by atoms with E-state index in [1.54, 1.807) is 25.1 Å². The molecule has 0 fully saturated rings. The number of ether oxygens (including phenoxy) is 2. The number of hydrogen-bond acceptors (Lipinski definition) is 8. The van der Waals surface area contributed by atoms with Crippen molar-refractivity contribution in [3.63, 3.8) is 0 Å². The van der Waals surface area contributed by atoms with Crippen molar-refractivity contribution < 1.29 is 32.3 Å². The fourth-order valence-corrected chi connectivity index (χ4v) is 4.45. The lowest BCUT2D eigenvalue weighted by atomic mass is 10.1. The first-order valence-corrected chi connectivity index (χ1v) is 11.7. The van der Waals surface area contributed by atoms with Crippen LogP contribution in [0.4, 0.5) is 5.69 Å². The maximum absolute atomic E-state index is 13.3. The first kappa shape index (κ1) is 23.2. The average molecular weight is 461 g/mol. The van der Waals surface area contributed by atoms with Crippen LogP contribution in [0.3, 0.4) is 0 Å². The molecule has 1 aromatic heterocycles. The van der Waals surface area contributed by atoms with Crippen molar-refractivity contribution in [2.45, 2.75) is 19.9 Å². The van der Waals surface area contributed by atoms with E-state index >= 15 is 0 Å². The zero-order valence-corrected chi connectivity index (χ0v) is 18.9. The fourth-order valence-electron chi connectivity index (χ4n) is 3.54. The number of sulfone groups is 1. The number of imide groups is 1. The number of benzene rings is 1. The quantitative estimate of drug-likeness (QED) is 0.589. The summed E-state index contributed by atoms with van der Waals surface area (Å²) < 4.78 is 35.3. The number of amides is 3. The van der Waals surface area contributed by atoms with Crippen LogP contribution >= 0.6 is 0 Å². The van der Waals surface area contributed by atoms with E-state index < -0.39 is 39.4 Å². The second-order valence-electron chi connectivity index (χ2n) is 7.22. The number of anilines is 1. The van der Waals surface area contributed by atoms with Crippen LogP contribution < -0.4 is 14.8 Å². The molecule has 0 spiro atoms. The number of carbonyl (C=O) groups excluding carboxylic acids is 3. The molecule has 11 heteroatoms. The molecule has 10 nitrogen and oxygen atoms in total. The highest BCUT2D eigenvalue weighted by atomic mass is 32.2. The standard InChI is InChI=1S/C21H23N3O7S/c1-5-31-18-8-13(6-7-17(18)30-3)16(11-32(4,28)29)24-20(26)14-9-22-10-15(23-12(2)25)19(14)21(24)27/h6-10,16H,5,11H2,1-4H3,(H,23,25)/t16-/m1/s1. The summed E-state index contributed by atoms with van der Waals surface area (Å²) in [5, 5.41) is 2.49. The van der Waals surface area contributed by atoms with Crippen molar-refractivity contribution in [1.82, 2.24) is 9.88 Å².